The molecular weight excluding hydrogens is 164 g/mol. The molecule has 0 spiro atoms. The number of esters is 2. The van der Waals surface area contributed by atoms with Crippen molar-refractivity contribution in [3.63, 3.8) is 0 Å². The van der Waals surface area contributed by atoms with Crippen LogP contribution in [0.25, 0.3) is 0 Å². The SMILES string of the molecule is O=C1OC(=O)C2[SH]C=CCC12. The molecule has 0 aromatic carbocycles. The summed E-state index contributed by atoms with van der Waals surface area (Å²) in [4.78, 5) is 21.9. The quantitative estimate of drug-likeness (QED) is 0.326. The molecule has 59 valence electrons. The molecule has 2 heterocycles. The Hall–Kier alpha value is -0.770. The first-order valence-corrected chi connectivity index (χ1v) is 4.43. The molecule has 0 amide bonds. The second kappa shape index (κ2) is 2.37. The van der Waals surface area contributed by atoms with Crippen molar-refractivity contribution in [1.82, 2.24) is 0 Å². The topological polar surface area (TPSA) is 43.4 Å². The summed E-state index contributed by atoms with van der Waals surface area (Å²) in [7, 11) is 0. The Morgan fingerprint density at radius 3 is 3.00 bits per heavy atom. The van der Waals surface area contributed by atoms with Crippen molar-refractivity contribution in [3.05, 3.63) is 11.5 Å². The van der Waals surface area contributed by atoms with Gasteiger partial charge in [-0.1, -0.05) is 6.08 Å². The van der Waals surface area contributed by atoms with E-state index in [-0.39, 0.29) is 23.1 Å². The van der Waals surface area contributed by atoms with E-state index >= 15 is 0 Å². The Bertz CT molecular complexity index is 222. The van der Waals surface area contributed by atoms with Gasteiger partial charge in [-0.25, -0.2) is 0 Å². The van der Waals surface area contributed by atoms with Gasteiger partial charge in [-0.3, -0.25) is 9.59 Å². The van der Waals surface area contributed by atoms with Gasteiger partial charge in [0.15, 0.2) is 0 Å². The zero-order valence-electron chi connectivity index (χ0n) is 5.69. The van der Waals surface area contributed by atoms with Crippen LogP contribution < -0.4 is 0 Å². The Morgan fingerprint density at radius 1 is 1.45 bits per heavy atom. The third kappa shape index (κ3) is 0.976. The molecule has 2 atom stereocenters. The molecule has 0 N–H and O–H groups in total. The average molecular weight is 171 g/mol. The molecule has 0 saturated carbocycles. The van der Waals surface area contributed by atoms with Gasteiger partial charge in [0, 0.05) is 0 Å². The summed E-state index contributed by atoms with van der Waals surface area (Å²) in [5.74, 6) is -0.906. The Balaban J connectivity index is 2.28. The summed E-state index contributed by atoms with van der Waals surface area (Å²) < 4.78 is 4.48. The van der Waals surface area contributed by atoms with Crippen LogP contribution >= 0.6 is 11.8 Å². The Morgan fingerprint density at radius 2 is 2.27 bits per heavy atom. The van der Waals surface area contributed by atoms with Gasteiger partial charge in [-0.15, -0.1) is 0 Å². The molecule has 1 radical (unpaired) electrons. The van der Waals surface area contributed by atoms with Crippen LogP contribution in [0, 0.1) is 5.92 Å². The molecule has 3 nitrogen and oxygen atoms in total. The number of cyclic esters (lactones) is 2. The van der Waals surface area contributed by atoms with Gasteiger partial charge in [-0.2, -0.15) is 11.8 Å². The summed E-state index contributed by atoms with van der Waals surface area (Å²) in [6.07, 6.45) is 2.57. The largest absolute Gasteiger partial charge is 0.392 e. The third-order valence-electron chi connectivity index (χ3n) is 1.87. The minimum absolute atomic E-state index is 0.200. The number of hydrogen-bond acceptors (Lipinski definition) is 3. The minimum Gasteiger partial charge on any atom is -0.392 e. The molecular formula is C7H7O3S. The summed E-state index contributed by atoms with van der Waals surface area (Å²) in [5.41, 5.74) is 0. The number of carbonyl (C=O) groups is 2. The predicted octanol–water partition coefficient (Wildman–Crippen LogP) is 0.437. The molecule has 2 aliphatic heterocycles. The van der Waals surface area contributed by atoms with Crippen LogP contribution in [0.15, 0.2) is 11.5 Å². The van der Waals surface area contributed by atoms with Crippen LogP contribution in [0.3, 0.4) is 0 Å². The highest BCUT2D eigenvalue weighted by Gasteiger charge is 2.43. The molecule has 11 heavy (non-hydrogen) atoms. The van der Waals surface area contributed by atoms with Gasteiger partial charge >= 0.3 is 11.9 Å². The van der Waals surface area contributed by atoms with Crippen LogP contribution in [0.2, 0.25) is 0 Å². The molecule has 4 heteroatoms. The van der Waals surface area contributed by atoms with Gasteiger partial charge in [0.05, 0.1) is 5.92 Å². The first-order valence-electron chi connectivity index (χ1n) is 3.39. The van der Waals surface area contributed by atoms with Crippen LogP contribution in [0.5, 0.6) is 0 Å². The fourth-order valence-electron chi connectivity index (χ4n) is 1.28. The lowest BCUT2D eigenvalue weighted by Gasteiger charge is -2.13. The smallest absolute Gasteiger partial charge is 0.326 e. The number of thiol groups is 1. The van der Waals surface area contributed by atoms with E-state index in [1.807, 2.05) is 11.5 Å². The lowest BCUT2D eigenvalue weighted by Crippen LogP contribution is -2.20. The number of allylic oxidation sites excluding steroid dienone is 1. The molecule has 1 saturated heterocycles. The van der Waals surface area contributed by atoms with Crippen molar-refractivity contribution in [2.24, 2.45) is 5.92 Å². The van der Waals surface area contributed by atoms with Crippen molar-refractivity contribution >= 4 is 23.7 Å². The molecule has 0 aromatic rings. The third-order valence-corrected chi connectivity index (χ3v) is 3.14. The van der Waals surface area contributed by atoms with E-state index in [0.717, 1.165) is 11.8 Å². The molecule has 2 aliphatic rings. The van der Waals surface area contributed by atoms with E-state index in [0.29, 0.717) is 6.42 Å². The average Bonchev–Trinajstić information content (AvgIpc) is 2.30. The van der Waals surface area contributed by atoms with Crippen LogP contribution in [0.1, 0.15) is 6.42 Å². The van der Waals surface area contributed by atoms with Crippen LogP contribution in [-0.2, 0) is 14.3 Å². The van der Waals surface area contributed by atoms with Crippen molar-refractivity contribution in [3.8, 4) is 0 Å². The fraction of sp³-hybridized carbons (Fsp3) is 0.429. The zero-order valence-corrected chi connectivity index (χ0v) is 6.58. The van der Waals surface area contributed by atoms with Crippen LogP contribution in [-0.4, -0.2) is 17.2 Å². The number of fused-ring (bicyclic) bond motifs is 1. The molecule has 0 bridgehead atoms. The monoisotopic (exact) mass is 171 g/mol. The number of hydrogen-bond donors (Lipinski definition) is 1. The zero-order chi connectivity index (χ0) is 7.84. The van der Waals surface area contributed by atoms with Crippen molar-refractivity contribution < 1.29 is 14.3 Å². The lowest BCUT2D eigenvalue weighted by atomic mass is 10.0. The maximum atomic E-state index is 10.9. The van der Waals surface area contributed by atoms with Crippen molar-refractivity contribution in [1.29, 1.82) is 0 Å². The van der Waals surface area contributed by atoms with Crippen molar-refractivity contribution in [2.75, 3.05) is 0 Å². The Labute approximate surface area is 67.8 Å². The Kier molecular flexibility index (Phi) is 1.49. The fourth-order valence-corrected chi connectivity index (χ4v) is 2.33. The van der Waals surface area contributed by atoms with Crippen molar-refractivity contribution in [2.45, 2.75) is 11.7 Å². The highest BCUT2D eigenvalue weighted by molar-refractivity contribution is 8.03. The molecule has 0 aromatic heterocycles. The normalized spacial score (nSPS) is 35.3. The second-order valence-electron chi connectivity index (χ2n) is 2.56. The summed E-state index contributed by atoms with van der Waals surface area (Å²) >= 11 is 0.898. The van der Waals surface area contributed by atoms with E-state index < -0.39 is 0 Å². The molecule has 2 rings (SSSR count). The van der Waals surface area contributed by atoms with E-state index in [1.54, 1.807) is 0 Å². The van der Waals surface area contributed by atoms with E-state index in [1.165, 1.54) is 0 Å². The molecule has 2 unspecified atom stereocenters. The summed E-state index contributed by atoms with van der Waals surface area (Å²) in [6.45, 7) is 0. The van der Waals surface area contributed by atoms with E-state index in [2.05, 4.69) is 4.74 Å². The van der Waals surface area contributed by atoms with E-state index in [4.69, 9.17) is 0 Å². The molecule has 0 aliphatic carbocycles. The predicted molar refractivity (Wildman–Crippen MR) is 41.1 cm³/mol. The second-order valence-corrected chi connectivity index (χ2v) is 3.71. The molecule has 1 fully saturated rings. The minimum atomic E-state index is -0.356. The highest BCUT2D eigenvalue weighted by atomic mass is 32.2. The van der Waals surface area contributed by atoms with Gasteiger partial charge in [-0.05, 0) is 11.8 Å². The highest BCUT2D eigenvalue weighted by Crippen LogP contribution is 2.35. The maximum Gasteiger partial charge on any atom is 0.326 e. The standard InChI is InChI=1S/C7H7O3S/c8-6-4-2-1-3-11-5(4)7(9)10-6/h1,3-5,11H,2H2. The van der Waals surface area contributed by atoms with Gasteiger partial charge in [0.2, 0.25) is 0 Å². The first kappa shape index (κ1) is 6.91. The summed E-state index contributed by atoms with van der Waals surface area (Å²) in [5, 5.41) is 1.69. The number of rotatable bonds is 0. The van der Waals surface area contributed by atoms with Gasteiger partial charge < -0.3 is 4.74 Å². The first-order chi connectivity index (χ1) is 5.29. The maximum absolute atomic E-state index is 10.9. The van der Waals surface area contributed by atoms with Crippen LogP contribution in [0.4, 0.5) is 0 Å². The number of ether oxygens (including phenoxy) is 1. The van der Waals surface area contributed by atoms with E-state index in [9.17, 15) is 9.59 Å². The number of carbonyl (C=O) groups excluding carboxylic acids is 2. The van der Waals surface area contributed by atoms with Gasteiger partial charge in [0.1, 0.15) is 5.25 Å². The summed E-state index contributed by atoms with van der Waals surface area (Å²) in [6, 6.07) is 0. The van der Waals surface area contributed by atoms with Gasteiger partial charge in [0.25, 0.3) is 0 Å². The lowest BCUT2D eigenvalue weighted by molar-refractivity contribution is -0.152.